The number of nitrogens with zero attached hydrogens (tertiary/aromatic N) is 1. The van der Waals surface area contributed by atoms with E-state index < -0.39 is 0 Å². The molecule has 1 aromatic heterocycles. The summed E-state index contributed by atoms with van der Waals surface area (Å²) in [6, 6.07) is 0. The van der Waals surface area contributed by atoms with Crippen LogP contribution in [0.4, 0.5) is 5.13 Å². The van der Waals surface area contributed by atoms with Gasteiger partial charge in [0.15, 0.2) is 5.13 Å². The molecule has 74 valence electrons. The fraction of sp³-hybridized carbons (Fsp3) is 0.429. The van der Waals surface area contributed by atoms with Crippen molar-refractivity contribution < 1.29 is 4.79 Å². The summed E-state index contributed by atoms with van der Waals surface area (Å²) in [5.74, 6) is -0.0181. The smallest absolute Gasteiger partial charge is 0.226 e. The number of aromatic nitrogens is 1. The highest BCUT2D eigenvalue weighted by Gasteiger charge is 2.01. The van der Waals surface area contributed by atoms with E-state index >= 15 is 0 Å². The molecule has 6 heteroatoms. The SMILES string of the molecule is Cl.NCCCC(=O)Nc1nccs1. The lowest BCUT2D eigenvalue weighted by atomic mass is 10.3. The fourth-order valence-corrected chi connectivity index (χ4v) is 1.27. The quantitative estimate of drug-likeness (QED) is 0.804. The number of nitrogens with two attached hydrogens (primary N) is 1. The molecule has 0 aliphatic carbocycles. The Kier molecular flexibility index (Phi) is 6.48. The highest BCUT2D eigenvalue weighted by Crippen LogP contribution is 2.10. The Labute approximate surface area is 87.0 Å². The van der Waals surface area contributed by atoms with Crippen molar-refractivity contribution in [3.05, 3.63) is 11.6 Å². The van der Waals surface area contributed by atoms with Crippen LogP contribution in [0.1, 0.15) is 12.8 Å². The van der Waals surface area contributed by atoms with Gasteiger partial charge < -0.3 is 11.1 Å². The van der Waals surface area contributed by atoms with E-state index in [1.165, 1.54) is 11.3 Å². The second kappa shape index (κ2) is 6.82. The normalized spacial score (nSPS) is 9.00. The predicted octanol–water partition coefficient (Wildman–Crippen LogP) is 1.24. The molecule has 1 aromatic rings. The van der Waals surface area contributed by atoms with Gasteiger partial charge in [-0.3, -0.25) is 4.79 Å². The molecule has 4 nitrogen and oxygen atoms in total. The number of halogens is 1. The molecular formula is C7H12ClN3OS. The molecule has 0 saturated carbocycles. The van der Waals surface area contributed by atoms with Crippen molar-refractivity contribution in [2.75, 3.05) is 11.9 Å². The predicted molar refractivity (Wildman–Crippen MR) is 56.3 cm³/mol. The first-order valence-electron chi connectivity index (χ1n) is 3.72. The first-order valence-corrected chi connectivity index (χ1v) is 4.60. The molecular weight excluding hydrogens is 210 g/mol. The van der Waals surface area contributed by atoms with Crippen molar-refractivity contribution in [3.63, 3.8) is 0 Å². The van der Waals surface area contributed by atoms with Crippen LogP contribution in [0, 0.1) is 0 Å². The number of rotatable bonds is 4. The third kappa shape index (κ3) is 4.82. The largest absolute Gasteiger partial charge is 0.330 e. The van der Waals surface area contributed by atoms with Crippen LogP contribution in [0.5, 0.6) is 0 Å². The molecule has 13 heavy (non-hydrogen) atoms. The third-order valence-electron chi connectivity index (χ3n) is 1.29. The van der Waals surface area contributed by atoms with Crippen molar-refractivity contribution in [2.24, 2.45) is 5.73 Å². The van der Waals surface area contributed by atoms with Crippen LogP contribution in [0.3, 0.4) is 0 Å². The molecule has 0 atom stereocenters. The minimum Gasteiger partial charge on any atom is -0.330 e. The summed E-state index contributed by atoms with van der Waals surface area (Å²) < 4.78 is 0. The molecule has 3 N–H and O–H groups in total. The van der Waals surface area contributed by atoms with Crippen LogP contribution >= 0.6 is 23.7 Å². The van der Waals surface area contributed by atoms with Gasteiger partial charge in [-0.2, -0.15) is 0 Å². The second-order valence-corrected chi connectivity index (χ2v) is 3.17. The van der Waals surface area contributed by atoms with Crippen molar-refractivity contribution >= 4 is 34.8 Å². The van der Waals surface area contributed by atoms with Gasteiger partial charge in [-0.1, -0.05) is 0 Å². The number of thiazole rings is 1. The average Bonchev–Trinajstić information content (AvgIpc) is 2.53. The van der Waals surface area contributed by atoms with E-state index in [0.717, 1.165) is 6.42 Å². The fourth-order valence-electron chi connectivity index (χ4n) is 0.730. The molecule has 1 rings (SSSR count). The zero-order valence-electron chi connectivity index (χ0n) is 7.03. The van der Waals surface area contributed by atoms with Crippen LogP contribution in [0.15, 0.2) is 11.6 Å². The standard InChI is InChI=1S/C7H11N3OS.ClH/c8-3-1-2-6(11)10-7-9-4-5-12-7;/h4-5H,1-3,8H2,(H,9,10,11);1H. The maximum Gasteiger partial charge on any atom is 0.226 e. The van der Waals surface area contributed by atoms with Gasteiger partial charge in [0.1, 0.15) is 0 Å². The minimum atomic E-state index is -0.0181. The lowest BCUT2D eigenvalue weighted by Crippen LogP contribution is -2.13. The number of anilines is 1. The number of hydrogen-bond donors (Lipinski definition) is 2. The zero-order chi connectivity index (χ0) is 8.81. The summed E-state index contributed by atoms with van der Waals surface area (Å²) in [6.07, 6.45) is 2.84. The minimum absolute atomic E-state index is 0. The Balaban J connectivity index is 0.00000144. The first-order chi connectivity index (χ1) is 5.83. The molecule has 0 spiro atoms. The molecule has 0 aliphatic rings. The summed E-state index contributed by atoms with van der Waals surface area (Å²) in [6.45, 7) is 0.547. The van der Waals surface area contributed by atoms with Crippen molar-refractivity contribution in [3.8, 4) is 0 Å². The maximum absolute atomic E-state index is 11.1. The lowest BCUT2D eigenvalue weighted by Gasteiger charge is -1.98. The zero-order valence-corrected chi connectivity index (χ0v) is 8.66. The molecule has 1 heterocycles. The van der Waals surface area contributed by atoms with Crippen LogP contribution in [-0.2, 0) is 4.79 Å². The maximum atomic E-state index is 11.1. The number of amides is 1. The van der Waals surface area contributed by atoms with Crippen LogP contribution in [-0.4, -0.2) is 17.4 Å². The van der Waals surface area contributed by atoms with Gasteiger partial charge in [0.25, 0.3) is 0 Å². The van der Waals surface area contributed by atoms with Crippen molar-refractivity contribution in [2.45, 2.75) is 12.8 Å². The van der Waals surface area contributed by atoms with E-state index in [2.05, 4.69) is 10.3 Å². The molecule has 0 fully saturated rings. The van der Waals surface area contributed by atoms with E-state index in [0.29, 0.717) is 18.1 Å². The molecule has 0 unspecified atom stereocenters. The van der Waals surface area contributed by atoms with Crippen LogP contribution < -0.4 is 11.1 Å². The average molecular weight is 222 g/mol. The number of hydrogen-bond acceptors (Lipinski definition) is 4. The van der Waals surface area contributed by atoms with E-state index in [4.69, 9.17) is 5.73 Å². The summed E-state index contributed by atoms with van der Waals surface area (Å²) in [5.41, 5.74) is 5.26. The van der Waals surface area contributed by atoms with Gasteiger partial charge in [0.2, 0.25) is 5.91 Å². The van der Waals surface area contributed by atoms with Gasteiger partial charge in [0, 0.05) is 18.0 Å². The summed E-state index contributed by atoms with van der Waals surface area (Å²) in [7, 11) is 0. The Hall–Kier alpha value is -0.650. The lowest BCUT2D eigenvalue weighted by molar-refractivity contribution is -0.116. The first kappa shape index (κ1) is 12.3. The molecule has 0 aliphatic heterocycles. The summed E-state index contributed by atoms with van der Waals surface area (Å²) >= 11 is 1.41. The van der Waals surface area contributed by atoms with E-state index in [-0.39, 0.29) is 18.3 Å². The van der Waals surface area contributed by atoms with Crippen molar-refractivity contribution in [1.29, 1.82) is 0 Å². The van der Waals surface area contributed by atoms with Crippen LogP contribution in [0.25, 0.3) is 0 Å². The molecule has 0 saturated heterocycles. The molecule has 0 aromatic carbocycles. The highest BCUT2D eigenvalue weighted by atomic mass is 35.5. The van der Waals surface area contributed by atoms with Crippen molar-refractivity contribution in [1.82, 2.24) is 4.98 Å². The Morgan fingerprint density at radius 3 is 3.00 bits per heavy atom. The van der Waals surface area contributed by atoms with Gasteiger partial charge in [-0.15, -0.1) is 23.7 Å². The molecule has 0 radical (unpaired) electrons. The van der Waals surface area contributed by atoms with Gasteiger partial charge >= 0.3 is 0 Å². The second-order valence-electron chi connectivity index (χ2n) is 2.28. The number of carbonyl (C=O) groups excluding carboxylic acids is 1. The van der Waals surface area contributed by atoms with Gasteiger partial charge in [-0.25, -0.2) is 4.98 Å². The highest BCUT2D eigenvalue weighted by molar-refractivity contribution is 7.13. The number of nitrogens with one attached hydrogen (secondary N) is 1. The third-order valence-corrected chi connectivity index (χ3v) is 1.98. The van der Waals surface area contributed by atoms with E-state index in [1.807, 2.05) is 5.38 Å². The van der Waals surface area contributed by atoms with E-state index in [1.54, 1.807) is 6.20 Å². The number of carbonyl (C=O) groups is 1. The Morgan fingerprint density at radius 2 is 2.46 bits per heavy atom. The monoisotopic (exact) mass is 221 g/mol. The van der Waals surface area contributed by atoms with Gasteiger partial charge in [-0.05, 0) is 13.0 Å². The Bertz CT molecular complexity index is 240. The topological polar surface area (TPSA) is 68.0 Å². The van der Waals surface area contributed by atoms with E-state index in [9.17, 15) is 4.79 Å². The summed E-state index contributed by atoms with van der Waals surface area (Å²) in [4.78, 5) is 15.0. The van der Waals surface area contributed by atoms with Crippen LogP contribution in [0.2, 0.25) is 0 Å². The molecule has 0 bridgehead atoms. The summed E-state index contributed by atoms with van der Waals surface area (Å²) in [5, 5.41) is 5.14. The molecule has 1 amide bonds. The van der Waals surface area contributed by atoms with Gasteiger partial charge in [0.05, 0.1) is 0 Å². The Morgan fingerprint density at radius 1 is 1.69 bits per heavy atom.